The number of carbonyl (C=O) groups excluding carboxylic acids is 1. The molecule has 6 nitrogen and oxygen atoms in total. The number of carbonyl (C=O) groups is 1. The number of guanidine groups is 1. The van der Waals surface area contributed by atoms with Gasteiger partial charge in [-0.2, -0.15) is 0 Å². The van der Waals surface area contributed by atoms with E-state index < -0.39 is 0 Å². The van der Waals surface area contributed by atoms with Crippen molar-refractivity contribution in [3.05, 3.63) is 0 Å². The number of nitrogens with one attached hydrogen (secondary N) is 3. The quantitative estimate of drug-likeness (QED) is 0.413. The van der Waals surface area contributed by atoms with Crippen LogP contribution in [0.5, 0.6) is 0 Å². The van der Waals surface area contributed by atoms with Crippen LogP contribution in [-0.2, 0) is 9.53 Å². The largest absolute Gasteiger partial charge is 0.377 e. The van der Waals surface area contributed by atoms with Crippen molar-refractivity contribution in [1.82, 2.24) is 16.0 Å². The third-order valence-corrected chi connectivity index (χ3v) is 5.23. The van der Waals surface area contributed by atoms with Crippen molar-refractivity contribution in [2.75, 3.05) is 26.7 Å². The van der Waals surface area contributed by atoms with Crippen molar-refractivity contribution >= 4 is 11.9 Å². The molecule has 138 valence electrons. The Morgan fingerprint density at radius 2 is 1.92 bits per heavy atom. The van der Waals surface area contributed by atoms with Gasteiger partial charge < -0.3 is 20.7 Å². The minimum absolute atomic E-state index is 0.0644. The second kappa shape index (κ2) is 7.30. The first-order valence-electron chi connectivity index (χ1n) is 9.05. The molecule has 0 aromatic carbocycles. The monoisotopic (exact) mass is 338 g/mol. The van der Waals surface area contributed by atoms with Crippen LogP contribution in [0.15, 0.2) is 4.99 Å². The number of aliphatic imine (C=N–C) groups is 1. The molecule has 1 saturated carbocycles. The Bertz CT molecular complexity index is 482. The number of ether oxygens (including phenoxy) is 1. The Morgan fingerprint density at radius 3 is 2.54 bits per heavy atom. The van der Waals surface area contributed by atoms with Crippen LogP contribution < -0.4 is 16.0 Å². The summed E-state index contributed by atoms with van der Waals surface area (Å²) in [7, 11) is 1.78. The molecule has 1 aliphatic carbocycles. The van der Waals surface area contributed by atoms with Crippen molar-refractivity contribution in [3.63, 3.8) is 0 Å². The predicted molar refractivity (Wildman–Crippen MR) is 97.0 cm³/mol. The average Bonchev–Trinajstić information content (AvgIpc) is 2.52. The summed E-state index contributed by atoms with van der Waals surface area (Å²) in [5, 5.41) is 9.79. The van der Waals surface area contributed by atoms with E-state index in [9.17, 15) is 4.79 Å². The van der Waals surface area contributed by atoms with Gasteiger partial charge in [-0.25, -0.2) is 0 Å². The molecule has 2 aliphatic rings. The Balaban J connectivity index is 1.78. The molecule has 1 heterocycles. The molecular formula is C18H34N4O2. The molecule has 1 aliphatic heterocycles. The van der Waals surface area contributed by atoms with E-state index >= 15 is 0 Å². The van der Waals surface area contributed by atoms with Crippen molar-refractivity contribution in [1.29, 1.82) is 0 Å². The summed E-state index contributed by atoms with van der Waals surface area (Å²) in [6.07, 6.45) is 2.71. The lowest BCUT2D eigenvalue weighted by Gasteiger charge is -2.60. The average molecular weight is 338 g/mol. The van der Waals surface area contributed by atoms with E-state index in [-0.39, 0.29) is 16.7 Å². The topological polar surface area (TPSA) is 74.8 Å². The van der Waals surface area contributed by atoms with Gasteiger partial charge >= 0.3 is 0 Å². The zero-order valence-corrected chi connectivity index (χ0v) is 16.0. The first-order chi connectivity index (χ1) is 11.2. The molecule has 0 spiro atoms. The Hall–Kier alpha value is -1.30. The molecule has 3 unspecified atom stereocenters. The van der Waals surface area contributed by atoms with Crippen LogP contribution >= 0.6 is 0 Å². The maximum Gasteiger partial charge on any atom is 0.225 e. The summed E-state index contributed by atoms with van der Waals surface area (Å²) < 4.78 is 5.95. The predicted octanol–water partition coefficient (Wildman–Crippen LogP) is 1.52. The second-order valence-corrected chi connectivity index (χ2v) is 8.55. The minimum Gasteiger partial charge on any atom is -0.377 e. The summed E-state index contributed by atoms with van der Waals surface area (Å²) in [5.74, 6) is 1.42. The molecule has 24 heavy (non-hydrogen) atoms. The fourth-order valence-electron chi connectivity index (χ4n) is 3.78. The maximum atomic E-state index is 11.9. The molecule has 3 N–H and O–H groups in total. The van der Waals surface area contributed by atoms with Gasteiger partial charge in [0.1, 0.15) is 0 Å². The fraction of sp³-hybridized carbons (Fsp3) is 0.889. The van der Waals surface area contributed by atoms with Gasteiger partial charge in [0.2, 0.25) is 5.91 Å². The molecule has 0 aromatic heterocycles. The van der Waals surface area contributed by atoms with Gasteiger partial charge in [0.15, 0.2) is 5.96 Å². The van der Waals surface area contributed by atoms with Crippen molar-refractivity contribution < 1.29 is 9.53 Å². The molecule has 1 amide bonds. The van der Waals surface area contributed by atoms with Crippen LogP contribution in [0, 0.1) is 16.7 Å². The number of hydrogen-bond donors (Lipinski definition) is 3. The zero-order valence-electron chi connectivity index (χ0n) is 16.0. The van der Waals surface area contributed by atoms with Gasteiger partial charge in [0.25, 0.3) is 0 Å². The van der Waals surface area contributed by atoms with Gasteiger partial charge in [0.05, 0.1) is 6.10 Å². The number of amides is 1. The third-order valence-electron chi connectivity index (χ3n) is 5.23. The fourth-order valence-corrected chi connectivity index (χ4v) is 3.78. The highest BCUT2D eigenvalue weighted by Gasteiger charge is 2.58. The number of fused-ring (bicyclic) bond motifs is 1. The van der Waals surface area contributed by atoms with Crippen LogP contribution in [0.25, 0.3) is 0 Å². The Kier molecular flexibility index (Phi) is 5.78. The molecular weight excluding hydrogens is 304 g/mol. The summed E-state index contributed by atoms with van der Waals surface area (Å²) >= 11 is 0. The standard InChI is InChI=1S/C18H34N4O2/c1-17(2,3)15(23)20-9-10-21-16(19-6)22-13-12-8-7-11-24-14(12)18(13,4)5/h12-14H,7-11H2,1-6H3,(H,20,23)(H2,19,21,22). The van der Waals surface area contributed by atoms with Crippen LogP contribution in [0.2, 0.25) is 0 Å². The molecule has 2 rings (SSSR count). The van der Waals surface area contributed by atoms with Gasteiger partial charge in [-0.05, 0) is 12.8 Å². The summed E-state index contributed by atoms with van der Waals surface area (Å²) in [5.41, 5.74) is -0.241. The van der Waals surface area contributed by atoms with Gasteiger partial charge in [-0.15, -0.1) is 0 Å². The molecule has 1 saturated heterocycles. The lowest BCUT2D eigenvalue weighted by molar-refractivity contribution is -0.188. The number of hydrogen-bond acceptors (Lipinski definition) is 3. The van der Waals surface area contributed by atoms with E-state index in [1.807, 2.05) is 20.8 Å². The second-order valence-electron chi connectivity index (χ2n) is 8.55. The maximum absolute atomic E-state index is 11.9. The first-order valence-corrected chi connectivity index (χ1v) is 9.05. The SMILES string of the molecule is CN=C(NCCNC(=O)C(C)(C)C)NC1C2CCCOC2C1(C)C. The van der Waals surface area contributed by atoms with Crippen molar-refractivity contribution in [3.8, 4) is 0 Å². The lowest BCUT2D eigenvalue weighted by Crippen LogP contribution is -2.71. The van der Waals surface area contributed by atoms with Gasteiger partial charge in [-0.3, -0.25) is 9.79 Å². The minimum atomic E-state index is -0.355. The molecule has 6 heteroatoms. The summed E-state index contributed by atoms with van der Waals surface area (Å²) in [6, 6.07) is 0.373. The van der Waals surface area contributed by atoms with E-state index in [1.54, 1.807) is 7.05 Å². The Morgan fingerprint density at radius 1 is 1.25 bits per heavy atom. The van der Waals surface area contributed by atoms with Crippen molar-refractivity contribution in [2.45, 2.75) is 59.6 Å². The molecule has 0 radical (unpaired) electrons. The highest BCUT2D eigenvalue weighted by molar-refractivity contribution is 5.82. The normalized spacial score (nSPS) is 29.2. The van der Waals surface area contributed by atoms with E-state index in [0.29, 0.717) is 31.2 Å². The molecule has 0 bridgehead atoms. The summed E-state index contributed by atoms with van der Waals surface area (Å²) in [4.78, 5) is 16.2. The van der Waals surface area contributed by atoms with Crippen LogP contribution in [0.3, 0.4) is 0 Å². The zero-order chi connectivity index (χ0) is 18.0. The molecule has 2 fully saturated rings. The number of nitrogens with zero attached hydrogens (tertiary/aromatic N) is 1. The van der Waals surface area contributed by atoms with Gasteiger partial charge in [-0.1, -0.05) is 34.6 Å². The number of rotatable bonds is 4. The Labute approximate surface area is 146 Å². The lowest BCUT2D eigenvalue weighted by atomic mass is 9.55. The van der Waals surface area contributed by atoms with E-state index in [4.69, 9.17) is 4.74 Å². The van der Waals surface area contributed by atoms with E-state index in [0.717, 1.165) is 19.0 Å². The van der Waals surface area contributed by atoms with Crippen LogP contribution in [0.4, 0.5) is 0 Å². The first kappa shape index (κ1) is 19.0. The highest BCUT2D eigenvalue weighted by Crippen LogP contribution is 2.51. The third kappa shape index (κ3) is 4.02. The van der Waals surface area contributed by atoms with Crippen LogP contribution in [-0.4, -0.2) is 50.8 Å². The smallest absolute Gasteiger partial charge is 0.225 e. The van der Waals surface area contributed by atoms with Crippen LogP contribution in [0.1, 0.15) is 47.5 Å². The highest BCUT2D eigenvalue weighted by atomic mass is 16.5. The molecule has 0 aromatic rings. The summed E-state index contributed by atoms with van der Waals surface area (Å²) in [6.45, 7) is 12.4. The van der Waals surface area contributed by atoms with Gasteiger partial charge in [0, 0.05) is 49.5 Å². The molecule has 3 atom stereocenters. The van der Waals surface area contributed by atoms with E-state index in [1.165, 1.54) is 6.42 Å². The van der Waals surface area contributed by atoms with E-state index in [2.05, 4.69) is 34.8 Å². The van der Waals surface area contributed by atoms with Crippen molar-refractivity contribution in [2.24, 2.45) is 21.7 Å².